The minimum Gasteiger partial charge on any atom is -0.480 e. The first-order valence-electron chi connectivity index (χ1n) is 10.5. The maximum Gasteiger partial charge on any atom is 0.329 e. The number of nitrogens with one attached hydrogen (secondary N) is 5. The number of ether oxygens (including phenoxy) is 1. The smallest absolute Gasteiger partial charge is 0.329 e. The van der Waals surface area contributed by atoms with Gasteiger partial charge in [-0.3, -0.25) is 4.79 Å². The van der Waals surface area contributed by atoms with E-state index in [0.717, 1.165) is 16.5 Å². The topological polar surface area (TPSA) is 162 Å². The van der Waals surface area contributed by atoms with Crippen molar-refractivity contribution in [1.29, 1.82) is 0 Å². The molecule has 0 aliphatic rings. The summed E-state index contributed by atoms with van der Waals surface area (Å²) in [6, 6.07) is 4.66. The molecular formula is C22H31N5O6. The van der Waals surface area contributed by atoms with Crippen LogP contribution in [0.4, 0.5) is 4.79 Å². The van der Waals surface area contributed by atoms with Crippen molar-refractivity contribution in [3.8, 4) is 0 Å². The van der Waals surface area contributed by atoms with Gasteiger partial charge in [0.1, 0.15) is 17.7 Å². The Bertz CT molecular complexity index is 997. The summed E-state index contributed by atoms with van der Waals surface area (Å²) in [6.07, 6.45) is 1.94. The molecule has 0 fully saturated rings. The van der Waals surface area contributed by atoms with Gasteiger partial charge in [0.15, 0.2) is 0 Å². The highest BCUT2D eigenvalue weighted by Crippen LogP contribution is 2.20. The van der Waals surface area contributed by atoms with Crippen LogP contribution < -0.4 is 21.3 Å². The van der Waals surface area contributed by atoms with Crippen LogP contribution in [0.1, 0.15) is 26.3 Å². The van der Waals surface area contributed by atoms with Crippen molar-refractivity contribution >= 4 is 34.8 Å². The fraction of sp³-hybridized carbons (Fsp3) is 0.455. The summed E-state index contributed by atoms with van der Waals surface area (Å²) >= 11 is 0. The van der Waals surface area contributed by atoms with Crippen LogP contribution in [-0.2, 0) is 25.5 Å². The van der Waals surface area contributed by atoms with Crippen molar-refractivity contribution in [2.75, 3.05) is 20.1 Å². The number of hydrogen-bond donors (Lipinski definition) is 6. The average molecular weight is 462 g/mol. The molecule has 0 aliphatic carbocycles. The Morgan fingerprint density at radius 3 is 2.42 bits per heavy atom. The number of H-pyrrole nitrogens is 1. The molecule has 180 valence electrons. The summed E-state index contributed by atoms with van der Waals surface area (Å²) in [5, 5.41) is 19.9. The van der Waals surface area contributed by atoms with Crippen molar-refractivity contribution in [3.05, 3.63) is 36.0 Å². The maximum absolute atomic E-state index is 12.8. The van der Waals surface area contributed by atoms with E-state index in [1.54, 1.807) is 34.0 Å². The van der Waals surface area contributed by atoms with E-state index in [-0.39, 0.29) is 13.0 Å². The van der Waals surface area contributed by atoms with E-state index >= 15 is 0 Å². The lowest BCUT2D eigenvalue weighted by Gasteiger charge is -2.24. The lowest BCUT2D eigenvalue weighted by Crippen LogP contribution is -2.53. The number of carboxylic acids is 1. The number of carbonyl (C=O) groups excluding carboxylic acids is 3. The van der Waals surface area contributed by atoms with Crippen LogP contribution in [0.5, 0.6) is 0 Å². The fourth-order valence-electron chi connectivity index (χ4n) is 3.11. The Labute approximate surface area is 191 Å². The van der Waals surface area contributed by atoms with Crippen molar-refractivity contribution in [3.63, 3.8) is 0 Å². The molecule has 1 aromatic carbocycles. The summed E-state index contributed by atoms with van der Waals surface area (Å²) in [6.45, 7) is 4.73. The number of esters is 1. The van der Waals surface area contributed by atoms with Gasteiger partial charge in [0.2, 0.25) is 5.91 Å². The highest BCUT2D eigenvalue weighted by Gasteiger charge is 2.28. The van der Waals surface area contributed by atoms with Gasteiger partial charge >= 0.3 is 18.0 Å². The molecule has 1 heterocycles. The zero-order valence-corrected chi connectivity index (χ0v) is 19.2. The van der Waals surface area contributed by atoms with Gasteiger partial charge in [-0.15, -0.1) is 0 Å². The maximum atomic E-state index is 12.8. The molecule has 33 heavy (non-hydrogen) atoms. The third-order valence-corrected chi connectivity index (χ3v) is 4.55. The van der Waals surface area contributed by atoms with Crippen molar-refractivity contribution in [1.82, 2.24) is 26.3 Å². The molecule has 2 rings (SSSR count). The molecule has 0 unspecified atom stereocenters. The average Bonchev–Trinajstić information content (AvgIpc) is 3.13. The Balaban J connectivity index is 2.04. The number of aromatic nitrogens is 1. The standard InChI is InChI=1S/C22H31N5O6/c1-22(2,3)33-20(31)16(9-13-10-24-15-8-6-5-7-14(13)15)27-21(32)25-12-18(28)26-17(11-23-4)19(29)30/h5-8,10,16-17,23-24H,9,11-12H2,1-4H3,(H,26,28)(H,29,30)(H2,25,27,32)/t16-,17-/m0/s1. The Morgan fingerprint density at radius 2 is 1.79 bits per heavy atom. The summed E-state index contributed by atoms with van der Waals surface area (Å²) in [7, 11) is 1.55. The molecule has 2 atom stereocenters. The highest BCUT2D eigenvalue weighted by atomic mass is 16.6. The molecule has 0 saturated heterocycles. The van der Waals surface area contributed by atoms with E-state index < -0.39 is 48.1 Å². The van der Waals surface area contributed by atoms with Crippen molar-refractivity contribution in [2.45, 2.75) is 44.9 Å². The Hall–Kier alpha value is -3.60. The van der Waals surface area contributed by atoms with Gasteiger partial charge in [-0.1, -0.05) is 18.2 Å². The van der Waals surface area contributed by atoms with Crippen LogP contribution >= 0.6 is 0 Å². The van der Waals surface area contributed by atoms with Crippen LogP contribution in [0.15, 0.2) is 30.5 Å². The number of aliphatic carboxylic acids is 1. The third-order valence-electron chi connectivity index (χ3n) is 4.55. The second kappa shape index (κ2) is 11.3. The Kier molecular flexibility index (Phi) is 8.80. The number of para-hydroxylation sites is 1. The first-order chi connectivity index (χ1) is 15.5. The van der Waals surface area contributed by atoms with Crippen molar-refractivity contribution in [2.24, 2.45) is 0 Å². The predicted octanol–water partition coefficient (Wildman–Crippen LogP) is 0.509. The number of fused-ring (bicyclic) bond motifs is 1. The number of carboxylic acid groups (broad SMARTS) is 1. The van der Waals surface area contributed by atoms with E-state index in [0.29, 0.717) is 0 Å². The highest BCUT2D eigenvalue weighted by molar-refractivity contribution is 5.90. The molecular weight excluding hydrogens is 430 g/mol. The first kappa shape index (κ1) is 25.7. The third kappa shape index (κ3) is 8.11. The molecule has 6 N–H and O–H groups in total. The molecule has 2 aromatic rings. The minimum atomic E-state index is -1.20. The molecule has 1 aromatic heterocycles. The Morgan fingerprint density at radius 1 is 1.09 bits per heavy atom. The van der Waals surface area contributed by atoms with Gasteiger partial charge in [-0.05, 0) is 39.4 Å². The monoisotopic (exact) mass is 461 g/mol. The number of hydrogen-bond acceptors (Lipinski definition) is 6. The number of amides is 3. The zero-order valence-electron chi connectivity index (χ0n) is 19.2. The number of rotatable bonds is 10. The molecule has 11 heteroatoms. The van der Waals surface area contributed by atoms with Crippen LogP contribution in [0.2, 0.25) is 0 Å². The van der Waals surface area contributed by atoms with Crippen LogP contribution in [0.3, 0.4) is 0 Å². The van der Waals surface area contributed by atoms with Gasteiger partial charge in [-0.25, -0.2) is 14.4 Å². The lowest BCUT2D eigenvalue weighted by atomic mass is 10.0. The van der Waals surface area contributed by atoms with E-state index in [4.69, 9.17) is 9.84 Å². The van der Waals surface area contributed by atoms with E-state index in [1.807, 2.05) is 24.3 Å². The molecule has 11 nitrogen and oxygen atoms in total. The summed E-state index contributed by atoms with van der Waals surface area (Å²) in [4.78, 5) is 51.4. The van der Waals surface area contributed by atoms with E-state index in [1.165, 1.54) is 0 Å². The first-order valence-corrected chi connectivity index (χ1v) is 10.5. The molecule has 0 spiro atoms. The van der Waals surface area contributed by atoms with Crippen molar-refractivity contribution < 1.29 is 29.0 Å². The number of benzene rings is 1. The molecule has 0 aliphatic heterocycles. The molecule has 0 radical (unpaired) electrons. The number of aromatic amines is 1. The normalized spacial score (nSPS) is 13.1. The lowest BCUT2D eigenvalue weighted by molar-refractivity contribution is -0.157. The zero-order chi connectivity index (χ0) is 24.6. The van der Waals surface area contributed by atoms with Crippen LogP contribution in [0, 0.1) is 0 Å². The molecule has 3 amide bonds. The second-order valence-corrected chi connectivity index (χ2v) is 8.49. The number of carbonyl (C=O) groups is 4. The summed E-state index contributed by atoms with van der Waals surface area (Å²) in [5.74, 6) is -2.50. The van der Waals surface area contributed by atoms with E-state index in [2.05, 4.69) is 26.3 Å². The van der Waals surface area contributed by atoms with Crippen LogP contribution in [-0.4, -0.2) is 71.8 Å². The van der Waals surface area contributed by atoms with Gasteiger partial charge < -0.3 is 36.1 Å². The van der Waals surface area contributed by atoms with Crippen LogP contribution in [0.25, 0.3) is 10.9 Å². The summed E-state index contributed by atoms with van der Waals surface area (Å²) in [5.41, 5.74) is 0.953. The minimum absolute atomic E-state index is 0.0264. The van der Waals surface area contributed by atoms with E-state index in [9.17, 15) is 19.2 Å². The van der Waals surface area contributed by atoms with Gasteiger partial charge in [-0.2, -0.15) is 0 Å². The van der Waals surface area contributed by atoms with Gasteiger partial charge in [0, 0.05) is 30.1 Å². The van der Waals surface area contributed by atoms with Gasteiger partial charge in [0.05, 0.1) is 6.54 Å². The number of likely N-dealkylation sites (N-methyl/N-ethyl adjacent to an activating group) is 1. The second-order valence-electron chi connectivity index (χ2n) is 8.49. The SMILES string of the molecule is CNC[C@H](NC(=O)CNC(=O)N[C@@H](Cc1c[nH]c2ccccc12)C(=O)OC(C)(C)C)C(=O)O. The summed E-state index contributed by atoms with van der Waals surface area (Å²) < 4.78 is 5.45. The number of urea groups is 1. The molecule has 0 bridgehead atoms. The quantitative estimate of drug-likeness (QED) is 0.281. The predicted molar refractivity (Wildman–Crippen MR) is 122 cm³/mol. The molecule has 0 saturated carbocycles. The largest absolute Gasteiger partial charge is 0.480 e. The van der Waals surface area contributed by atoms with Gasteiger partial charge in [0.25, 0.3) is 0 Å². The fourth-order valence-corrected chi connectivity index (χ4v) is 3.11.